The second-order valence-electron chi connectivity index (χ2n) is 8.80. The third-order valence-corrected chi connectivity index (χ3v) is 7.86. The van der Waals surface area contributed by atoms with Crippen molar-refractivity contribution in [3.8, 4) is 0 Å². The third kappa shape index (κ3) is 4.62. The van der Waals surface area contributed by atoms with E-state index in [4.69, 9.17) is 13.9 Å². The molecule has 2 aliphatic heterocycles. The molecule has 196 valence electrons. The van der Waals surface area contributed by atoms with Crippen molar-refractivity contribution >= 4 is 29.5 Å². The fraction of sp³-hybridized carbons (Fsp3) is 0.250. The first-order valence-corrected chi connectivity index (χ1v) is 13.0. The molecule has 1 aromatic heterocycles. The molecule has 0 spiro atoms. The van der Waals surface area contributed by atoms with Gasteiger partial charge in [-0.1, -0.05) is 60.7 Å². The van der Waals surface area contributed by atoms with E-state index in [2.05, 4.69) is 5.32 Å². The number of aliphatic hydroxyl groups is 1. The van der Waals surface area contributed by atoms with Crippen molar-refractivity contribution in [2.75, 3.05) is 19.5 Å². The Balaban J connectivity index is 1.41. The highest BCUT2D eigenvalue weighted by Crippen LogP contribution is 2.47. The molecule has 0 radical (unpaired) electrons. The number of methoxy groups -OCH3 is 1. The number of ether oxygens (including phenoxy) is 2. The van der Waals surface area contributed by atoms with Gasteiger partial charge in [-0.15, -0.1) is 11.8 Å². The number of amides is 2. The first-order valence-electron chi connectivity index (χ1n) is 12.0. The maximum atomic E-state index is 13.7. The van der Waals surface area contributed by atoms with Gasteiger partial charge in [0.15, 0.2) is 6.10 Å². The Kier molecular flexibility index (Phi) is 7.37. The van der Waals surface area contributed by atoms with Crippen LogP contribution in [0, 0.1) is 0 Å². The molecule has 2 aliphatic rings. The van der Waals surface area contributed by atoms with E-state index in [9.17, 15) is 19.5 Å². The average molecular weight is 535 g/mol. The number of hydrogen-bond acceptors (Lipinski definition) is 8. The van der Waals surface area contributed by atoms with Crippen molar-refractivity contribution in [2.45, 2.75) is 23.6 Å². The number of fused-ring (bicyclic) bond motifs is 1. The number of esters is 1. The summed E-state index contributed by atoms with van der Waals surface area (Å²) in [5.74, 6) is -1.16. The van der Waals surface area contributed by atoms with E-state index >= 15 is 0 Å². The molecule has 3 aromatic rings. The number of rotatable bonds is 9. The highest BCUT2D eigenvalue weighted by atomic mass is 32.2. The minimum absolute atomic E-state index is 0.0360. The number of thioether (sulfide) groups is 1. The number of nitrogens with zero attached hydrogens (tertiary/aromatic N) is 1. The molecule has 0 aliphatic carbocycles. The maximum absolute atomic E-state index is 13.7. The number of benzene rings is 2. The van der Waals surface area contributed by atoms with Crippen molar-refractivity contribution in [1.82, 2.24) is 10.2 Å². The largest absolute Gasteiger partial charge is 0.469 e. The Hall–Kier alpha value is -3.86. The van der Waals surface area contributed by atoms with Gasteiger partial charge in [-0.05, 0) is 28.8 Å². The first-order chi connectivity index (χ1) is 18.5. The lowest BCUT2D eigenvalue weighted by Crippen LogP contribution is -2.80. The van der Waals surface area contributed by atoms with Gasteiger partial charge in [0, 0.05) is 12.9 Å². The Labute approximate surface area is 223 Å². The topological polar surface area (TPSA) is 118 Å². The van der Waals surface area contributed by atoms with Gasteiger partial charge in [-0.2, -0.15) is 0 Å². The summed E-state index contributed by atoms with van der Waals surface area (Å²) in [6.07, 6.45) is 0.645. The number of carbonyl (C=O) groups is 3. The van der Waals surface area contributed by atoms with Gasteiger partial charge < -0.3 is 24.3 Å². The van der Waals surface area contributed by atoms with Crippen LogP contribution in [0.25, 0.3) is 0 Å². The Morgan fingerprint density at radius 2 is 1.76 bits per heavy atom. The quantitative estimate of drug-likeness (QED) is 0.245. The summed E-state index contributed by atoms with van der Waals surface area (Å²) in [4.78, 5) is 41.1. The molecule has 1 saturated heterocycles. The monoisotopic (exact) mass is 534 g/mol. The Bertz CT molecular complexity index is 1300. The van der Waals surface area contributed by atoms with Crippen LogP contribution in [0.1, 0.15) is 23.0 Å². The van der Waals surface area contributed by atoms with Crippen LogP contribution in [0.15, 0.2) is 94.7 Å². The summed E-state index contributed by atoms with van der Waals surface area (Å²) >= 11 is 1.28. The second-order valence-corrected chi connectivity index (χ2v) is 9.87. The molecule has 0 bridgehead atoms. The van der Waals surface area contributed by atoms with Crippen LogP contribution >= 0.6 is 11.8 Å². The minimum Gasteiger partial charge on any atom is -0.469 e. The van der Waals surface area contributed by atoms with Crippen molar-refractivity contribution < 1.29 is 33.4 Å². The number of nitrogens with one attached hydrogen (secondary N) is 1. The average Bonchev–Trinajstić information content (AvgIpc) is 3.47. The number of aliphatic hydroxyl groups excluding tert-OH is 1. The minimum atomic E-state index is -1.67. The van der Waals surface area contributed by atoms with E-state index in [-0.39, 0.29) is 17.9 Å². The standard InChI is InChI=1S/C28H26N2O7S/c1-35-28(29-22(32)15-21-13-8-14-36-21)26(34)30-23(20(16-31)17-38-27(28)30)25(33)37-24(18-9-4-2-5-10-18)19-11-6-3-7-12-19/h2-14,24,27,31H,15-17H2,1H3,(H,29,32)/t27-,28-/m0/s1. The zero-order chi connectivity index (χ0) is 26.7. The summed E-state index contributed by atoms with van der Waals surface area (Å²) in [7, 11) is 1.33. The van der Waals surface area contributed by atoms with Gasteiger partial charge in [0.05, 0.1) is 19.3 Å². The molecule has 0 saturated carbocycles. The number of β-lactam (4-membered cyclic amide) rings is 1. The van der Waals surface area contributed by atoms with E-state index < -0.39 is 41.6 Å². The molecule has 38 heavy (non-hydrogen) atoms. The Morgan fingerprint density at radius 1 is 1.11 bits per heavy atom. The highest BCUT2D eigenvalue weighted by Gasteiger charge is 2.66. The van der Waals surface area contributed by atoms with Gasteiger partial charge in [0.25, 0.3) is 11.6 Å². The molecule has 9 nitrogen and oxygen atoms in total. The van der Waals surface area contributed by atoms with Crippen LogP contribution in [0.5, 0.6) is 0 Å². The molecule has 2 aromatic carbocycles. The molecular formula is C28H26N2O7S. The fourth-order valence-electron chi connectivity index (χ4n) is 4.62. The van der Waals surface area contributed by atoms with Crippen LogP contribution in [0.3, 0.4) is 0 Å². The van der Waals surface area contributed by atoms with Gasteiger partial charge in [-0.25, -0.2) is 4.79 Å². The smallest absolute Gasteiger partial charge is 0.356 e. The highest BCUT2D eigenvalue weighted by molar-refractivity contribution is 8.00. The van der Waals surface area contributed by atoms with Gasteiger partial charge in [0.2, 0.25) is 5.91 Å². The summed E-state index contributed by atoms with van der Waals surface area (Å²) in [5.41, 5.74) is 0.166. The van der Waals surface area contributed by atoms with Crippen LogP contribution in [-0.2, 0) is 30.3 Å². The SMILES string of the molecule is CO[C@@]1(NC(=O)Cc2ccco2)C(=O)N2C(C(=O)OC(c3ccccc3)c3ccccc3)=C(CO)CS[C@H]21. The maximum Gasteiger partial charge on any atom is 0.356 e. The van der Waals surface area contributed by atoms with E-state index in [1.54, 1.807) is 12.1 Å². The van der Waals surface area contributed by atoms with Gasteiger partial charge in [-0.3, -0.25) is 14.5 Å². The molecule has 10 heteroatoms. The lowest BCUT2D eigenvalue weighted by molar-refractivity contribution is -0.193. The molecule has 2 amide bonds. The molecule has 0 unspecified atom stereocenters. The first kappa shape index (κ1) is 25.8. The zero-order valence-electron chi connectivity index (χ0n) is 20.5. The van der Waals surface area contributed by atoms with Crippen molar-refractivity contribution in [3.63, 3.8) is 0 Å². The van der Waals surface area contributed by atoms with Crippen molar-refractivity contribution in [1.29, 1.82) is 0 Å². The number of hydrogen-bond donors (Lipinski definition) is 2. The predicted octanol–water partition coefficient (Wildman–Crippen LogP) is 2.78. The van der Waals surface area contributed by atoms with E-state index in [0.717, 1.165) is 11.1 Å². The molecule has 3 heterocycles. The van der Waals surface area contributed by atoms with Gasteiger partial charge >= 0.3 is 5.97 Å². The fourth-order valence-corrected chi connectivity index (χ4v) is 6.05. The van der Waals surface area contributed by atoms with Crippen molar-refractivity contribution in [2.24, 2.45) is 0 Å². The molecular weight excluding hydrogens is 508 g/mol. The number of furan rings is 1. The van der Waals surface area contributed by atoms with Crippen molar-refractivity contribution in [3.05, 3.63) is 107 Å². The summed E-state index contributed by atoms with van der Waals surface area (Å²) in [5, 5.41) is 12.0. The van der Waals surface area contributed by atoms with Crippen LogP contribution in [0.4, 0.5) is 0 Å². The number of carbonyl (C=O) groups excluding carboxylic acids is 3. The molecule has 5 rings (SSSR count). The lowest BCUT2D eigenvalue weighted by Gasteiger charge is -2.56. The van der Waals surface area contributed by atoms with Crippen LogP contribution < -0.4 is 5.32 Å². The van der Waals surface area contributed by atoms with Gasteiger partial charge in [0.1, 0.15) is 16.8 Å². The zero-order valence-corrected chi connectivity index (χ0v) is 21.4. The molecule has 2 N–H and O–H groups in total. The summed E-state index contributed by atoms with van der Waals surface area (Å²) < 4.78 is 16.8. The molecule has 2 atom stereocenters. The summed E-state index contributed by atoms with van der Waals surface area (Å²) in [6, 6.07) is 21.9. The third-order valence-electron chi connectivity index (χ3n) is 6.49. The predicted molar refractivity (Wildman–Crippen MR) is 138 cm³/mol. The van der Waals surface area contributed by atoms with Crippen LogP contribution in [0.2, 0.25) is 0 Å². The summed E-state index contributed by atoms with van der Waals surface area (Å²) in [6.45, 7) is -0.430. The van der Waals surface area contributed by atoms with E-state index in [0.29, 0.717) is 11.3 Å². The van der Waals surface area contributed by atoms with Crippen LogP contribution in [-0.4, -0.2) is 58.4 Å². The Morgan fingerprint density at radius 3 is 2.32 bits per heavy atom. The van der Waals surface area contributed by atoms with E-state index in [1.807, 2.05) is 60.7 Å². The lowest BCUT2D eigenvalue weighted by atomic mass is 9.97. The van der Waals surface area contributed by atoms with E-state index in [1.165, 1.54) is 30.0 Å². The molecule has 1 fully saturated rings. The second kappa shape index (κ2) is 10.9. The normalized spacial score (nSPS) is 20.7.